The molecule has 0 aliphatic carbocycles. The van der Waals surface area contributed by atoms with Crippen LogP contribution < -0.4 is 14.8 Å². The zero-order chi connectivity index (χ0) is 19.5. The number of benzene rings is 2. The van der Waals surface area contributed by atoms with Crippen molar-refractivity contribution in [1.82, 2.24) is 0 Å². The maximum Gasteiger partial charge on any atom is 0.356 e. The number of ether oxygens (including phenoxy) is 2. The van der Waals surface area contributed by atoms with Crippen molar-refractivity contribution in [2.24, 2.45) is 0 Å². The molecule has 5 nitrogen and oxygen atoms in total. The highest BCUT2D eigenvalue weighted by Gasteiger charge is 2.22. The van der Waals surface area contributed by atoms with Crippen LogP contribution in [0.2, 0.25) is 0 Å². The molecule has 2 aromatic carbocycles. The Balaban J connectivity index is 2.32. The number of aryl methyl sites for hydroxylation is 2. The summed E-state index contributed by atoms with van der Waals surface area (Å²) in [5.74, 6) is -2.63. The van der Waals surface area contributed by atoms with Crippen LogP contribution in [-0.4, -0.2) is 16.4 Å². The maximum atomic E-state index is 14.3. The molecule has 0 bridgehead atoms. The molecule has 0 aromatic heterocycles. The topological polar surface area (TPSA) is 76.0 Å². The standard InChI is InChI=1S/C18H21F2O5P/c1-4-5-8-24-14-6-7-15(17(20)16(14)19)25-18-11(2)9-13(10-12(18)3)26(21,22)23/h6-7,9-10H,4-5,8H2,1-3H3,(H2,21,22,23). The van der Waals surface area contributed by atoms with E-state index in [2.05, 4.69) is 0 Å². The minimum Gasteiger partial charge on any atom is -0.490 e. The highest BCUT2D eigenvalue weighted by molar-refractivity contribution is 7.60. The van der Waals surface area contributed by atoms with Crippen LogP contribution in [0.1, 0.15) is 30.9 Å². The van der Waals surface area contributed by atoms with E-state index in [1.54, 1.807) is 13.8 Å². The molecule has 0 aliphatic rings. The Morgan fingerprint density at radius 1 is 1.04 bits per heavy atom. The van der Waals surface area contributed by atoms with Gasteiger partial charge in [-0.05, 0) is 55.7 Å². The fourth-order valence-corrected chi connectivity index (χ4v) is 3.12. The summed E-state index contributed by atoms with van der Waals surface area (Å²) >= 11 is 0. The SMILES string of the molecule is CCCCOc1ccc(Oc2c(C)cc(P(=O)(O)O)cc2C)c(F)c1F. The van der Waals surface area contributed by atoms with Crippen molar-refractivity contribution in [3.8, 4) is 17.2 Å². The van der Waals surface area contributed by atoms with Gasteiger partial charge in [0.05, 0.1) is 11.9 Å². The fourth-order valence-electron chi connectivity index (χ4n) is 2.40. The third kappa shape index (κ3) is 4.61. The van der Waals surface area contributed by atoms with Crippen molar-refractivity contribution in [3.05, 3.63) is 47.0 Å². The largest absolute Gasteiger partial charge is 0.490 e. The van der Waals surface area contributed by atoms with E-state index in [0.29, 0.717) is 11.1 Å². The molecule has 0 amide bonds. The third-order valence-electron chi connectivity index (χ3n) is 3.76. The van der Waals surface area contributed by atoms with E-state index in [4.69, 9.17) is 9.47 Å². The van der Waals surface area contributed by atoms with Crippen molar-refractivity contribution in [2.45, 2.75) is 33.6 Å². The molecule has 0 saturated heterocycles. The Bertz CT molecular complexity index is 825. The number of unbranched alkanes of at least 4 members (excludes halogenated alkanes) is 1. The van der Waals surface area contributed by atoms with E-state index in [9.17, 15) is 23.1 Å². The maximum absolute atomic E-state index is 14.3. The second-order valence-corrected chi connectivity index (χ2v) is 7.55. The lowest BCUT2D eigenvalue weighted by molar-refractivity contribution is 0.285. The minimum absolute atomic E-state index is 0.161. The lowest BCUT2D eigenvalue weighted by Gasteiger charge is -2.16. The predicted molar refractivity (Wildman–Crippen MR) is 94.4 cm³/mol. The van der Waals surface area contributed by atoms with Gasteiger partial charge >= 0.3 is 7.60 Å². The molecule has 142 valence electrons. The Kier molecular flexibility index (Phi) is 6.39. The molecule has 0 atom stereocenters. The monoisotopic (exact) mass is 386 g/mol. The summed E-state index contributed by atoms with van der Waals surface area (Å²) < 4.78 is 50.5. The number of halogens is 2. The summed E-state index contributed by atoms with van der Waals surface area (Å²) in [5.41, 5.74) is 0.790. The third-order valence-corrected chi connectivity index (χ3v) is 4.69. The molecule has 0 saturated carbocycles. The Morgan fingerprint density at radius 2 is 1.58 bits per heavy atom. The summed E-state index contributed by atoms with van der Waals surface area (Å²) in [6.45, 7) is 5.38. The Hall–Kier alpha value is -1.95. The van der Waals surface area contributed by atoms with Crippen LogP contribution in [0.15, 0.2) is 24.3 Å². The second-order valence-electron chi connectivity index (χ2n) is 5.95. The van der Waals surface area contributed by atoms with Gasteiger partial charge in [-0.1, -0.05) is 13.3 Å². The average molecular weight is 386 g/mol. The Morgan fingerprint density at radius 3 is 2.12 bits per heavy atom. The zero-order valence-corrected chi connectivity index (χ0v) is 15.6. The van der Waals surface area contributed by atoms with Crippen molar-refractivity contribution in [2.75, 3.05) is 6.61 Å². The first kappa shape index (κ1) is 20.4. The molecule has 2 aromatic rings. The van der Waals surface area contributed by atoms with Gasteiger partial charge in [-0.2, -0.15) is 8.78 Å². The van der Waals surface area contributed by atoms with Crippen LogP contribution in [0.3, 0.4) is 0 Å². The van der Waals surface area contributed by atoms with Crippen LogP contribution in [0.5, 0.6) is 17.2 Å². The minimum atomic E-state index is -4.42. The van der Waals surface area contributed by atoms with Crippen LogP contribution in [0.4, 0.5) is 8.78 Å². The summed E-state index contributed by atoms with van der Waals surface area (Å²) in [6, 6.07) is 5.08. The predicted octanol–water partition coefficient (Wildman–Crippen LogP) is 4.36. The first-order valence-electron chi connectivity index (χ1n) is 8.11. The summed E-state index contributed by atoms with van der Waals surface area (Å²) in [5, 5.41) is -0.161. The molecule has 0 fully saturated rings. The molecule has 0 heterocycles. The molecule has 2 rings (SSSR count). The molecular weight excluding hydrogens is 365 g/mol. The van der Waals surface area contributed by atoms with Gasteiger partial charge in [0, 0.05) is 0 Å². The van der Waals surface area contributed by atoms with E-state index < -0.39 is 19.2 Å². The normalized spacial score (nSPS) is 11.5. The summed E-state index contributed by atoms with van der Waals surface area (Å²) in [6.07, 6.45) is 1.60. The number of hydrogen-bond acceptors (Lipinski definition) is 3. The van der Waals surface area contributed by atoms with Gasteiger partial charge < -0.3 is 19.3 Å². The van der Waals surface area contributed by atoms with Gasteiger partial charge in [0.1, 0.15) is 5.75 Å². The van der Waals surface area contributed by atoms with Gasteiger partial charge in [-0.25, -0.2) is 0 Å². The second kappa shape index (κ2) is 8.16. The molecule has 0 radical (unpaired) electrons. The van der Waals surface area contributed by atoms with Gasteiger partial charge in [-0.15, -0.1) is 0 Å². The van der Waals surface area contributed by atoms with Crippen molar-refractivity contribution in [1.29, 1.82) is 0 Å². The van der Waals surface area contributed by atoms with Crippen molar-refractivity contribution in [3.63, 3.8) is 0 Å². The van der Waals surface area contributed by atoms with Gasteiger partial charge in [0.15, 0.2) is 11.5 Å². The van der Waals surface area contributed by atoms with Gasteiger partial charge in [-0.3, -0.25) is 4.57 Å². The van der Waals surface area contributed by atoms with E-state index in [0.717, 1.165) is 12.8 Å². The van der Waals surface area contributed by atoms with Crippen molar-refractivity contribution < 1.29 is 32.6 Å². The first-order chi connectivity index (χ1) is 12.1. The van der Waals surface area contributed by atoms with E-state index >= 15 is 0 Å². The average Bonchev–Trinajstić information content (AvgIpc) is 2.55. The molecule has 0 unspecified atom stereocenters. The quantitative estimate of drug-likeness (QED) is 0.546. The zero-order valence-electron chi connectivity index (χ0n) is 14.8. The molecule has 26 heavy (non-hydrogen) atoms. The van der Waals surface area contributed by atoms with E-state index in [1.807, 2.05) is 6.92 Å². The lowest BCUT2D eigenvalue weighted by atomic mass is 10.1. The molecule has 8 heteroatoms. The molecular formula is C18H21F2O5P. The first-order valence-corrected chi connectivity index (χ1v) is 9.72. The highest BCUT2D eigenvalue weighted by Crippen LogP contribution is 2.38. The van der Waals surface area contributed by atoms with Crippen LogP contribution in [0, 0.1) is 25.5 Å². The van der Waals surface area contributed by atoms with Crippen LogP contribution >= 0.6 is 7.60 Å². The van der Waals surface area contributed by atoms with Gasteiger partial charge in [0.25, 0.3) is 0 Å². The van der Waals surface area contributed by atoms with Crippen LogP contribution in [-0.2, 0) is 4.57 Å². The molecule has 0 spiro atoms. The smallest absolute Gasteiger partial charge is 0.356 e. The summed E-state index contributed by atoms with van der Waals surface area (Å²) in [4.78, 5) is 18.5. The number of rotatable bonds is 7. The molecule has 2 N–H and O–H groups in total. The van der Waals surface area contributed by atoms with Gasteiger partial charge in [0.2, 0.25) is 11.6 Å². The van der Waals surface area contributed by atoms with E-state index in [1.165, 1.54) is 24.3 Å². The summed E-state index contributed by atoms with van der Waals surface area (Å²) in [7, 11) is -4.42. The number of hydrogen-bond donors (Lipinski definition) is 2. The van der Waals surface area contributed by atoms with Crippen LogP contribution in [0.25, 0.3) is 0 Å². The van der Waals surface area contributed by atoms with E-state index in [-0.39, 0.29) is 29.2 Å². The fraction of sp³-hybridized carbons (Fsp3) is 0.333. The Labute approximate surface area is 150 Å². The lowest BCUT2D eigenvalue weighted by Crippen LogP contribution is -2.07. The highest BCUT2D eigenvalue weighted by atomic mass is 31.2. The van der Waals surface area contributed by atoms with Crippen molar-refractivity contribution >= 4 is 12.9 Å². The molecule has 0 aliphatic heterocycles.